The number of nitrogens with zero attached hydrogens (tertiary/aromatic N) is 4. The van der Waals surface area contributed by atoms with Crippen molar-refractivity contribution >= 4 is 21.7 Å². The standard InChI is InChI=1S/C16H20N4O3S/c1-3-9-18(2)24(22,23)15-6-4-5-14(17-15)19-10-11-20-13(12-19)7-8-16(20)21/h1,4-6,13H,7-12H2,2H3. The Morgan fingerprint density at radius 3 is 2.96 bits per heavy atom. The number of amides is 1. The lowest BCUT2D eigenvalue weighted by molar-refractivity contribution is -0.129. The van der Waals surface area contributed by atoms with E-state index in [9.17, 15) is 13.2 Å². The summed E-state index contributed by atoms with van der Waals surface area (Å²) in [7, 11) is -2.26. The molecule has 3 rings (SSSR count). The molecular formula is C16H20N4O3S. The Morgan fingerprint density at radius 2 is 2.21 bits per heavy atom. The normalized spacial score (nSPS) is 21.0. The molecule has 0 N–H and O–H groups in total. The summed E-state index contributed by atoms with van der Waals surface area (Å²) in [6, 6.07) is 5.15. The van der Waals surface area contributed by atoms with Crippen LogP contribution in [0.15, 0.2) is 23.2 Å². The predicted molar refractivity (Wildman–Crippen MR) is 89.8 cm³/mol. The average Bonchev–Trinajstić information content (AvgIpc) is 2.96. The Hall–Kier alpha value is -2.11. The van der Waals surface area contributed by atoms with Crippen molar-refractivity contribution in [3.8, 4) is 12.3 Å². The number of pyridine rings is 1. The van der Waals surface area contributed by atoms with Crippen LogP contribution in [-0.2, 0) is 14.8 Å². The van der Waals surface area contributed by atoms with Crippen LogP contribution in [0.2, 0.25) is 0 Å². The minimum absolute atomic E-state index is 0.00288. The highest BCUT2D eigenvalue weighted by molar-refractivity contribution is 7.89. The lowest BCUT2D eigenvalue weighted by Gasteiger charge is -2.38. The summed E-state index contributed by atoms with van der Waals surface area (Å²) < 4.78 is 26.1. The second-order valence-corrected chi connectivity index (χ2v) is 8.02. The molecule has 24 heavy (non-hydrogen) atoms. The fourth-order valence-corrected chi connectivity index (χ4v) is 4.19. The lowest BCUT2D eigenvalue weighted by atomic mass is 10.1. The number of carbonyl (C=O) groups is 1. The predicted octanol–water partition coefficient (Wildman–Crippen LogP) is 0.146. The summed E-state index contributed by atoms with van der Waals surface area (Å²) in [6.45, 7) is 1.98. The van der Waals surface area contributed by atoms with E-state index in [1.807, 2.05) is 9.80 Å². The van der Waals surface area contributed by atoms with Gasteiger partial charge in [0.25, 0.3) is 10.0 Å². The van der Waals surface area contributed by atoms with E-state index in [1.54, 1.807) is 12.1 Å². The summed E-state index contributed by atoms with van der Waals surface area (Å²) in [5.41, 5.74) is 0. The highest BCUT2D eigenvalue weighted by Crippen LogP contribution is 2.26. The molecule has 2 saturated heterocycles. The van der Waals surface area contributed by atoms with Crippen molar-refractivity contribution in [2.45, 2.75) is 23.9 Å². The van der Waals surface area contributed by atoms with Crippen LogP contribution < -0.4 is 4.90 Å². The van der Waals surface area contributed by atoms with Gasteiger partial charge in [-0.2, -0.15) is 4.31 Å². The van der Waals surface area contributed by atoms with Gasteiger partial charge in [-0.1, -0.05) is 12.0 Å². The van der Waals surface area contributed by atoms with E-state index < -0.39 is 10.0 Å². The van der Waals surface area contributed by atoms with Crippen LogP contribution in [0.3, 0.4) is 0 Å². The van der Waals surface area contributed by atoms with Crippen molar-refractivity contribution in [3.63, 3.8) is 0 Å². The van der Waals surface area contributed by atoms with Crippen molar-refractivity contribution in [2.75, 3.05) is 38.1 Å². The van der Waals surface area contributed by atoms with Gasteiger partial charge >= 0.3 is 0 Å². The number of anilines is 1. The Labute approximate surface area is 142 Å². The molecule has 1 atom stereocenters. The van der Waals surface area contributed by atoms with Crippen LogP contribution in [0.1, 0.15) is 12.8 Å². The second kappa shape index (κ2) is 6.42. The molecular weight excluding hydrogens is 328 g/mol. The Balaban J connectivity index is 1.81. The van der Waals surface area contributed by atoms with Crippen LogP contribution >= 0.6 is 0 Å². The topological polar surface area (TPSA) is 73.8 Å². The van der Waals surface area contributed by atoms with E-state index in [4.69, 9.17) is 6.42 Å². The molecule has 7 nitrogen and oxygen atoms in total. The van der Waals surface area contributed by atoms with Gasteiger partial charge < -0.3 is 9.80 Å². The molecule has 0 saturated carbocycles. The summed E-state index contributed by atoms with van der Waals surface area (Å²) >= 11 is 0. The molecule has 0 spiro atoms. The van der Waals surface area contributed by atoms with E-state index in [1.165, 1.54) is 13.1 Å². The molecule has 2 aliphatic heterocycles. The molecule has 3 heterocycles. The molecule has 2 fully saturated rings. The van der Waals surface area contributed by atoms with Crippen molar-refractivity contribution in [3.05, 3.63) is 18.2 Å². The number of hydrogen-bond acceptors (Lipinski definition) is 5. The first kappa shape index (κ1) is 16.7. The zero-order valence-electron chi connectivity index (χ0n) is 13.6. The number of hydrogen-bond donors (Lipinski definition) is 0. The maximum Gasteiger partial charge on any atom is 0.261 e. The van der Waals surface area contributed by atoms with Gasteiger partial charge in [-0.25, -0.2) is 13.4 Å². The van der Waals surface area contributed by atoms with Crippen LogP contribution in [0.4, 0.5) is 5.82 Å². The maximum absolute atomic E-state index is 12.5. The number of piperazine rings is 1. The minimum atomic E-state index is -3.70. The molecule has 0 radical (unpaired) electrons. The summed E-state index contributed by atoms with van der Waals surface area (Å²) in [5.74, 6) is 3.14. The monoisotopic (exact) mass is 348 g/mol. The van der Waals surface area contributed by atoms with Crippen LogP contribution in [0, 0.1) is 12.3 Å². The Bertz CT molecular complexity index is 787. The van der Waals surface area contributed by atoms with E-state index >= 15 is 0 Å². The number of rotatable bonds is 4. The van der Waals surface area contributed by atoms with E-state index in [-0.39, 0.29) is 23.5 Å². The summed E-state index contributed by atoms with van der Waals surface area (Å²) in [4.78, 5) is 20.0. The van der Waals surface area contributed by atoms with Gasteiger partial charge in [-0.05, 0) is 18.6 Å². The molecule has 0 aromatic carbocycles. The van der Waals surface area contributed by atoms with Gasteiger partial charge in [0.1, 0.15) is 5.82 Å². The molecule has 8 heteroatoms. The third kappa shape index (κ3) is 2.97. The van der Waals surface area contributed by atoms with E-state index in [0.29, 0.717) is 31.9 Å². The number of carbonyl (C=O) groups excluding carboxylic acids is 1. The Morgan fingerprint density at radius 1 is 1.42 bits per heavy atom. The fraction of sp³-hybridized carbons (Fsp3) is 0.500. The van der Waals surface area contributed by atoms with Crippen molar-refractivity contribution in [1.29, 1.82) is 0 Å². The van der Waals surface area contributed by atoms with Gasteiger partial charge in [-0.3, -0.25) is 4.79 Å². The van der Waals surface area contributed by atoms with Gasteiger partial charge in [0.2, 0.25) is 5.91 Å². The van der Waals surface area contributed by atoms with Crippen LogP contribution in [0.5, 0.6) is 0 Å². The molecule has 2 aliphatic rings. The maximum atomic E-state index is 12.5. The fourth-order valence-electron chi connectivity index (χ4n) is 3.17. The lowest BCUT2D eigenvalue weighted by Crippen LogP contribution is -2.51. The first-order valence-corrected chi connectivity index (χ1v) is 9.29. The average molecular weight is 348 g/mol. The second-order valence-electron chi connectivity index (χ2n) is 6.02. The highest BCUT2D eigenvalue weighted by atomic mass is 32.2. The SMILES string of the molecule is C#CCN(C)S(=O)(=O)c1cccc(N2CCN3C(=O)CCC3C2)n1. The van der Waals surface area contributed by atoms with E-state index in [2.05, 4.69) is 10.9 Å². The first-order valence-electron chi connectivity index (χ1n) is 7.85. The number of sulfonamides is 1. The molecule has 1 aromatic heterocycles. The number of terminal acetylenes is 1. The molecule has 1 unspecified atom stereocenters. The third-order valence-electron chi connectivity index (χ3n) is 4.52. The number of aromatic nitrogens is 1. The third-order valence-corrected chi connectivity index (χ3v) is 6.22. The first-order chi connectivity index (χ1) is 11.4. The van der Waals surface area contributed by atoms with Gasteiger partial charge in [0.15, 0.2) is 5.03 Å². The largest absolute Gasteiger partial charge is 0.353 e. The van der Waals surface area contributed by atoms with Gasteiger partial charge in [0.05, 0.1) is 6.54 Å². The van der Waals surface area contributed by atoms with Crippen LogP contribution in [-0.4, -0.2) is 67.8 Å². The zero-order chi connectivity index (χ0) is 17.3. The smallest absolute Gasteiger partial charge is 0.261 e. The van der Waals surface area contributed by atoms with Crippen molar-refractivity contribution in [2.24, 2.45) is 0 Å². The zero-order valence-corrected chi connectivity index (χ0v) is 14.4. The van der Waals surface area contributed by atoms with Crippen molar-refractivity contribution in [1.82, 2.24) is 14.2 Å². The van der Waals surface area contributed by atoms with Gasteiger partial charge in [-0.15, -0.1) is 6.42 Å². The molecule has 0 aliphatic carbocycles. The number of fused-ring (bicyclic) bond motifs is 1. The molecule has 1 amide bonds. The van der Waals surface area contributed by atoms with Crippen molar-refractivity contribution < 1.29 is 13.2 Å². The minimum Gasteiger partial charge on any atom is -0.353 e. The molecule has 0 bridgehead atoms. The van der Waals surface area contributed by atoms with E-state index in [0.717, 1.165) is 10.7 Å². The molecule has 1 aromatic rings. The van der Waals surface area contributed by atoms with Gasteiger partial charge in [0, 0.05) is 39.1 Å². The highest BCUT2D eigenvalue weighted by Gasteiger charge is 2.36. The van der Waals surface area contributed by atoms with Crippen LogP contribution in [0.25, 0.3) is 0 Å². The Kier molecular flexibility index (Phi) is 4.47. The summed E-state index contributed by atoms with van der Waals surface area (Å²) in [6.07, 6.45) is 6.63. The quantitative estimate of drug-likeness (QED) is 0.724. The molecule has 128 valence electrons. The summed E-state index contributed by atoms with van der Waals surface area (Å²) in [5, 5.41) is -0.0114.